The van der Waals surface area contributed by atoms with E-state index in [9.17, 15) is 4.79 Å². The van der Waals surface area contributed by atoms with Crippen LogP contribution < -0.4 is 5.32 Å². The van der Waals surface area contributed by atoms with E-state index in [2.05, 4.69) is 5.32 Å². The molecule has 1 atom stereocenters. The molecule has 0 saturated carbocycles. The molecule has 114 valence electrons. The summed E-state index contributed by atoms with van der Waals surface area (Å²) in [6, 6.07) is 9.89. The number of nitrogens with one attached hydrogen (secondary N) is 1. The van der Waals surface area contributed by atoms with Crippen LogP contribution in [0.2, 0.25) is 0 Å². The highest BCUT2D eigenvalue weighted by molar-refractivity contribution is 8.04. The second kappa shape index (κ2) is 7.00. The number of carbonyl (C=O) groups excluding carboxylic acids is 1. The predicted molar refractivity (Wildman–Crippen MR) is 84.9 cm³/mol. The van der Waals surface area contributed by atoms with Gasteiger partial charge in [-0.25, -0.2) is 0 Å². The van der Waals surface area contributed by atoms with E-state index >= 15 is 0 Å². The lowest BCUT2D eigenvalue weighted by Gasteiger charge is -2.29. The minimum atomic E-state index is -0.550. The molecular weight excluding hydrogens is 286 g/mol. The molecule has 1 heterocycles. The number of thioether (sulfide) groups is 1. The first-order chi connectivity index (χ1) is 10.1. The summed E-state index contributed by atoms with van der Waals surface area (Å²) in [5.74, 6) is 1.40. The van der Waals surface area contributed by atoms with Gasteiger partial charge >= 0.3 is 0 Å². The summed E-state index contributed by atoms with van der Waals surface area (Å²) < 4.78 is 11.0. The van der Waals surface area contributed by atoms with Crippen LogP contribution >= 0.6 is 11.8 Å². The van der Waals surface area contributed by atoms with Crippen LogP contribution in [0.3, 0.4) is 0 Å². The van der Waals surface area contributed by atoms with E-state index in [1.54, 1.807) is 7.11 Å². The van der Waals surface area contributed by atoms with Crippen LogP contribution in [-0.2, 0) is 19.9 Å². The van der Waals surface area contributed by atoms with Gasteiger partial charge in [0.1, 0.15) is 16.3 Å². The highest BCUT2D eigenvalue weighted by Crippen LogP contribution is 2.27. The Kier molecular flexibility index (Phi) is 5.31. The molecule has 0 bridgehead atoms. The Labute approximate surface area is 129 Å². The van der Waals surface area contributed by atoms with Crippen molar-refractivity contribution in [2.75, 3.05) is 26.0 Å². The third-order valence-corrected chi connectivity index (χ3v) is 4.73. The van der Waals surface area contributed by atoms with Crippen LogP contribution in [0.15, 0.2) is 41.0 Å². The van der Waals surface area contributed by atoms with E-state index in [-0.39, 0.29) is 5.91 Å². The fourth-order valence-electron chi connectivity index (χ4n) is 2.14. The van der Waals surface area contributed by atoms with E-state index in [0.717, 1.165) is 11.3 Å². The number of rotatable bonds is 5. The van der Waals surface area contributed by atoms with Crippen LogP contribution in [0.25, 0.3) is 0 Å². The number of hydrogen-bond acceptors (Lipinski definition) is 4. The maximum absolute atomic E-state index is 12.3. The zero-order chi connectivity index (χ0) is 15.3. The van der Waals surface area contributed by atoms with Crippen molar-refractivity contribution in [3.05, 3.63) is 46.6 Å². The lowest BCUT2D eigenvalue weighted by Crippen LogP contribution is -2.40. The second-order valence-corrected chi connectivity index (χ2v) is 6.17. The molecule has 2 rings (SSSR count). The van der Waals surface area contributed by atoms with Gasteiger partial charge in [0.05, 0.1) is 13.2 Å². The van der Waals surface area contributed by atoms with Crippen LogP contribution in [0.1, 0.15) is 19.4 Å². The zero-order valence-electron chi connectivity index (χ0n) is 12.6. The Morgan fingerprint density at radius 1 is 1.43 bits per heavy atom. The normalized spacial score (nSPS) is 17.9. The zero-order valence-corrected chi connectivity index (χ0v) is 13.5. The minimum Gasteiger partial charge on any atom is -0.496 e. The lowest BCUT2D eigenvalue weighted by molar-refractivity contribution is -0.118. The molecule has 0 aromatic heterocycles. The number of amides is 1. The van der Waals surface area contributed by atoms with Gasteiger partial charge in [0, 0.05) is 12.9 Å². The highest BCUT2D eigenvalue weighted by Gasteiger charge is 2.28. The Morgan fingerprint density at radius 3 is 2.76 bits per heavy atom. The van der Waals surface area contributed by atoms with Crippen molar-refractivity contribution in [1.29, 1.82) is 0 Å². The minimum absolute atomic E-state index is 0.101. The Bertz CT molecular complexity index is 530. The van der Waals surface area contributed by atoms with Gasteiger partial charge in [-0.05, 0) is 19.4 Å². The first-order valence-electron chi connectivity index (χ1n) is 6.92. The van der Waals surface area contributed by atoms with E-state index in [1.165, 1.54) is 11.8 Å². The van der Waals surface area contributed by atoms with Crippen LogP contribution in [0, 0.1) is 0 Å². The summed E-state index contributed by atoms with van der Waals surface area (Å²) in [7, 11) is 1.65. The Hall–Kier alpha value is -1.46. The van der Waals surface area contributed by atoms with Gasteiger partial charge in [0.2, 0.25) is 0 Å². The number of ether oxygens (including phenoxy) is 2. The maximum Gasteiger partial charge on any atom is 0.261 e. The first-order valence-corrected chi connectivity index (χ1v) is 7.91. The molecule has 1 aromatic rings. The summed E-state index contributed by atoms with van der Waals surface area (Å²) in [6.07, 6.45) is 0. The topological polar surface area (TPSA) is 47.6 Å². The molecule has 0 fully saturated rings. The molecule has 0 spiro atoms. The van der Waals surface area contributed by atoms with E-state index in [1.807, 2.05) is 44.2 Å². The molecule has 0 aliphatic carbocycles. The molecule has 1 aliphatic heterocycles. The smallest absolute Gasteiger partial charge is 0.261 e. The average molecular weight is 307 g/mol. The summed E-state index contributed by atoms with van der Waals surface area (Å²) in [4.78, 5) is 12.9. The molecule has 1 amide bonds. The second-order valence-electron chi connectivity index (χ2n) is 5.07. The van der Waals surface area contributed by atoms with Crippen molar-refractivity contribution in [2.45, 2.75) is 19.4 Å². The number of benzene rings is 1. The third-order valence-electron chi connectivity index (χ3n) is 3.60. The van der Waals surface area contributed by atoms with E-state index in [4.69, 9.17) is 9.47 Å². The predicted octanol–water partition coefficient (Wildman–Crippen LogP) is 2.66. The van der Waals surface area contributed by atoms with Crippen LogP contribution in [0.4, 0.5) is 0 Å². The molecular formula is C16H21NO3S. The standard InChI is InChI=1S/C16H21NO3S/c1-12-14(21-10-9-20-12)15(18)17-11-16(2,19-3)13-7-5-4-6-8-13/h4-8H,9-11H2,1-3H3,(H,17,18)/t16-/m1/s1. The van der Waals surface area contributed by atoms with Crippen molar-refractivity contribution in [3.8, 4) is 0 Å². The van der Waals surface area contributed by atoms with Crippen molar-refractivity contribution in [2.24, 2.45) is 0 Å². The molecule has 1 aliphatic rings. The van der Waals surface area contributed by atoms with Crippen LogP contribution in [-0.4, -0.2) is 31.9 Å². The summed E-state index contributed by atoms with van der Waals surface area (Å²) in [6.45, 7) is 4.86. The average Bonchev–Trinajstić information content (AvgIpc) is 2.53. The molecule has 1 N–H and O–H groups in total. The largest absolute Gasteiger partial charge is 0.496 e. The molecule has 0 radical (unpaired) electrons. The van der Waals surface area contributed by atoms with Gasteiger partial charge in [-0.15, -0.1) is 11.8 Å². The number of allylic oxidation sites excluding steroid dienone is 1. The number of carbonyl (C=O) groups is 1. The van der Waals surface area contributed by atoms with Gasteiger partial charge < -0.3 is 14.8 Å². The van der Waals surface area contributed by atoms with Crippen molar-refractivity contribution in [1.82, 2.24) is 5.32 Å². The summed E-state index contributed by atoms with van der Waals surface area (Å²) >= 11 is 1.54. The maximum atomic E-state index is 12.3. The third kappa shape index (κ3) is 3.80. The molecule has 1 aromatic carbocycles. The fourth-order valence-corrected chi connectivity index (χ4v) is 2.98. The number of hydrogen-bond donors (Lipinski definition) is 1. The van der Waals surface area contributed by atoms with Gasteiger partial charge in [0.15, 0.2) is 0 Å². The number of methoxy groups -OCH3 is 1. The quantitative estimate of drug-likeness (QED) is 0.908. The Morgan fingerprint density at radius 2 is 2.14 bits per heavy atom. The fraction of sp³-hybridized carbons (Fsp3) is 0.438. The highest BCUT2D eigenvalue weighted by atomic mass is 32.2. The lowest BCUT2D eigenvalue weighted by atomic mass is 9.95. The van der Waals surface area contributed by atoms with Gasteiger partial charge in [-0.2, -0.15) is 0 Å². The summed E-state index contributed by atoms with van der Waals surface area (Å²) in [5, 5.41) is 2.95. The van der Waals surface area contributed by atoms with Gasteiger partial charge in [-0.1, -0.05) is 30.3 Å². The molecule has 5 heteroatoms. The monoisotopic (exact) mass is 307 g/mol. The van der Waals surface area contributed by atoms with Gasteiger partial charge in [0.25, 0.3) is 5.91 Å². The van der Waals surface area contributed by atoms with E-state index in [0.29, 0.717) is 23.8 Å². The SMILES string of the molecule is CO[C@](C)(CNC(=O)C1=C(C)OCCS1)c1ccccc1. The molecule has 0 unspecified atom stereocenters. The molecule has 4 nitrogen and oxygen atoms in total. The van der Waals surface area contributed by atoms with Gasteiger partial charge in [-0.3, -0.25) is 4.79 Å². The summed E-state index contributed by atoms with van der Waals surface area (Å²) in [5.41, 5.74) is 0.483. The van der Waals surface area contributed by atoms with Crippen molar-refractivity contribution < 1.29 is 14.3 Å². The molecule has 0 saturated heterocycles. The van der Waals surface area contributed by atoms with E-state index < -0.39 is 5.60 Å². The van der Waals surface area contributed by atoms with Crippen molar-refractivity contribution >= 4 is 17.7 Å². The van der Waals surface area contributed by atoms with Crippen molar-refractivity contribution in [3.63, 3.8) is 0 Å². The van der Waals surface area contributed by atoms with Crippen LogP contribution in [0.5, 0.6) is 0 Å². The Balaban J connectivity index is 2.05. The first kappa shape index (κ1) is 15.9. The molecule has 21 heavy (non-hydrogen) atoms.